The van der Waals surface area contributed by atoms with E-state index in [1.165, 1.54) is 103 Å². The van der Waals surface area contributed by atoms with Crippen molar-refractivity contribution in [2.45, 2.75) is 149 Å². The van der Waals surface area contributed by atoms with Gasteiger partial charge in [0, 0.05) is 5.88 Å². The van der Waals surface area contributed by atoms with Gasteiger partial charge in [0.25, 0.3) is 0 Å². The summed E-state index contributed by atoms with van der Waals surface area (Å²) in [6, 6.07) is 0. The monoisotopic (exact) mass is 566 g/mol. The number of rotatable bonds is 28. The molecule has 2 atom stereocenters. The number of hydrogen-bond donors (Lipinski definition) is 1. The summed E-state index contributed by atoms with van der Waals surface area (Å²) in [6.07, 6.45) is 26.2. The largest absolute Gasteiger partial charge is 1.00 e. The van der Waals surface area contributed by atoms with Crippen LogP contribution in [0.15, 0.2) is 0 Å². The minimum absolute atomic E-state index is 0. The second-order valence-corrected chi connectivity index (χ2v) is 11.8. The molecule has 0 aliphatic carbocycles. The average Bonchev–Trinajstić information content (AvgIpc) is 2.84. The first-order valence-corrected chi connectivity index (χ1v) is 16.4. The maximum absolute atomic E-state index is 12.4. The summed E-state index contributed by atoms with van der Waals surface area (Å²) in [6.45, 7) is 4.95. The zero-order valence-corrected chi connectivity index (χ0v) is 28.2. The fraction of sp³-hybridized carbons (Fsp3) is 1.00. The first-order valence-electron chi connectivity index (χ1n) is 14.4. The molecule has 5 nitrogen and oxygen atoms in total. The molecule has 0 aliphatic heterocycles. The van der Waals surface area contributed by atoms with E-state index in [2.05, 4.69) is 18.5 Å². The summed E-state index contributed by atoms with van der Waals surface area (Å²) in [5.74, 6) is 0.708. The zero-order chi connectivity index (χ0) is 25.2. The van der Waals surface area contributed by atoms with Gasteiger partial charge in [-0.25, -0.2) is 9.82 Å². The van der Waals surface area contributed by atoms with Crippen molar-refractivity contribution in [1.82, 2.24) is 0 Å². The predicted octanol–water partition coefficient (Wildman–Crippen LogP) is 7.82. The fourth-order valence-corrected chi connectivity index (χ4v) is 5.33. The van der Waals surface area contributed by atoms with E-state index in [0.717, 1.165) is 25.7 Å². The molecule has 0 bridgehead atoms. The summed E-state index contributed by atoms with van der Waals surface area (Å²) in [7, 11) is -3.91. The molecule has 0 radical (unpaired) electrons. The van der Waals surface area contributed by atoms with E-state index in [9.17, 15) is 4.57 Å². The molecule has 0 saturated heterocycles. The van der Waals surface area contributed by atoms with E-state index >= 15 is 0 Å². The van der Waals surface area contributed by atoms with Crippen molar-refractivity contribution in [2.24, 2.45) is 5.92 Å². The summed E-state index contributed by atoms with van der Waals surface area (Å²) in [4.78, 5) is 0. The Balaban J connectivity index is -0.00000544. The van der Waals surface area contributed by atoms with Crippen LogP contribution in [0, 0.1) is 5.92 Å². The van der Waals surface area contributed by atoms with Crippen LogP contribution in [0.3, 0.4) is 0 Å². The van der Waals surface area contributed by atoms with Crippen LogP contribution in [0.25, 0.3) is 0 Å². The van der Waals surface area contributed by atoms with Gasteiger partial charge in [-0.2, -0.15) is 0 Å². The number of unbranched alkanes of at least 4 members (excludes halogenated alkanes) is 16. The second kappa shape index (κ2) is 30.5. The molecule has 0 spiro atoms. The fourth-order valence-electron chi connectivity index (χ4n) is 4.31. The van der Waals surface area contributed by atoms with Crippen molar-refractivity contribution in [3.63, 3.8) is 0 Å². The smallest absolute Gasteiger partial charge is 1.00 e. The molecule has 0 aromatic rings. The van der Waals surface area contributed by atoms with Crippen LogP contribution >= 0.6 is 19.4 Å². The van der Waals surface area contributed by atoms with Crippen molar-refractivity contribution >= 4 is 19.4 Å². The molecule has 208 valence electrons. The van der Waals surface area contributed by atoms with Gasteiger partial charge in [-0.15, -0.1) is 16.3 Å². The summed E-state index contributed by atoms with van der Waals surface area (Å²) in [5.41, 5.74) is 0. The van der Waals surface area contributed by atoms with Crippen LogP contribution in [-0.2, 0) is 18.3 Å². The minimum atomic E-state index is -3.91. The van der Waals surface area contributed by atoms with E-state index in [1.54, 1.807) is 0 Å². The standard InChI is InChI=1S/C27H56ClO5P.K.H/c1-3-5-7-9-11-13-14-16-18-20-23-27(22-19-17-15-12-10-8-6-4-2)26-32-34(30,33-29)31-25-21-24-28;;/h27,29H,3-26H2,1-2H3;;/q;+1;-1. The van der Waals surface area contributed by atoms with Gasteiger partial charge in [-0.05, 0) is 25.2 Å². The Morgan fingerprint density at radius 3 is 1.46 bits per heavy atom. The molecule has 0 aliphatic rings. The van der Waals surface area contributed by atoms with Gasteiger partial charge in [-0.1, -0.05) is 129 Å². The molecule has 1 N–H and O–H groups in total. The van der Waals surface area contributed by atoms with Gasteiger partial charge in [-0.3, -0.25) is 9.05 Å². The third-order valence-electron chi connectivity index (χ3n) is 6.53. The first kappa shape index (κ1) is 39.1. The molecule has 0 heterocycles. The number of alkyl halides is 1. The Bertz CT molecular complexity index is 466. The van der Waals surface area contributed by atoms with Gasteiger partial charge >= 0.3 is 59.2 Å². The molecule has 0 fully saturated rings. The first-order chi connectivity index (χ1) is 16.6. The Kier molecular flexibility index (Phi) is 34.1. The number of phosphoric acid groups is 1. The van der Waals surface area contributed by atoms with Crippen molar-refractivity contribution in [1.29, 1.82) is 0 Å². The second-order valence-electron chi connectivity index (χ2n) is 9.80. The van der Waals surface area contributed by atoms with Gasteiger partial charge in [0.1, 0.15) is 0 Å². The van der Waals surface area contributed by atoms with Gasteiger partial charge in [0.05, 0.1) is 13.2 Å². The van der Waals surface area contributed by atoms with Gasteiger partial charge in [0.15, 0.2) is 0 Å². The third kappa shape index (κ3) is 27.4. The van der Waals surface area contributed by atoms with E-state index in [4.69, 9.17) is 25.9 Å². The van der Waals surface area contributed by atoms with Crippen molar-refractivity contribution < 1.29 is 76.4 Å². The normalized spacial score (nSPS) is 13.9. The molecular weight excluding hydrogens is 510 g/mol. The van der Waals surface area contributed by atoms with Gasteiger partial charge < -0.3 is 1.43 Å². The Morgan fingerprint density at radius 1 is 0.686 bits per heavy atom. The van der Waals surface area contributed by atoms with Crippen molar-refractivity contribution in [3.05, 3.63) is 0 Å². The average molecular weight is 567 g/mol. The van der Waals surface area contributed by atoms with E-state index in [-0.39, 0.29) is 59.4 Å². The molecule has 0 aromatic carbocycles. The Labute approximate surface area is 267 Å². The van der Waals surface area contributed by atoms with Crippen LogP contribution < -0.4 is 51.4 Å². The van der Waals surface area contributed by atoms with E-state index in [1.807, 2.05) is 0 Å². The van der Waals surface area contributed by atoms with E-state index < -0.39 is 7.82 Å². The number of halogens is 1. The SMILES string of the molecule is CCCCCCCCCCCCC(CCCCCCCCCC)COP(=O)(OO)OCCCCl.[H-].[K+]. The minimum Gasteiger partial charge on any atom is -1.00 e. The van der Waals surface area contributed by atoms with E-state index in [0.29, 0.717) is 24.8 Å². The topological polar surface area (TPSA) is 65.0 Å². The number of phosphoric ester groups is 1. The van der Waals surface area contributed by atoms with Crippen molar-refractivity contribution in [3.8, 4) is 0 Å². The molecule has 0 saturated carbocycles. The van der Waals surface area contributed by atoms with Crippen LogP contribution in [0.5, 0.6) is 0 Å². The van der Waals surface area contributed by atoms with Gasteiger partial charge in [0.2, 0.25) is 0 Å². The maximum atomic E-state index is 12.4. The molecule has 0 aromatic heterocycles. The molecule has 35 heavy (non-hydrogen) atoms. The van der Waals surface area contributed by atoms with Crippen LogP contribution in [0.4, 0.5) is 0 Å². The number of hydrogen-bond acceptors (Lipinski definition) is 5. The Morgan fingerprint density at radius 2 is 1.09 bits per heavy atom. The summed E-state index contributed by atoms with van der Waals surface area (Å²) >= 11 is 5.64. The Hall–Kier alpha value is 2.00. The van der Waals surface area contributed by atoms with Crippen LogP contribution in [0.2, 0.25) is 0 Å². The molecule has 2 unspecified atom stereocenters. The van der Waals surface area contributed by atoms with Crippen molar-refractivity contribution in [2.75, 3.05) is 19.1 Å². The molecule has 0 amide bonds. The molecular formula is C27H57ClKO5P. The molecule has 0 rings (SSSR count). The third-order valence-corrected chi connectivity index (χ3v) is 7.96. The maximum Gasteiger partial charge on any atom is 1.00 e. The zero-order valence-electron chi connectivity index (χ0n) is 24.5. The molecule has 8 heteroatoms. The summed E-state index contributed by atoms with van der Waals surface area (Å²) in [5, 5.41) is 9.05. The predicted molar refractivity (Wildman–Crippen MR) is 147 cm³/mol. The summed E-state index contributed by atoms with van der Waals surface area (Å²) < 4.78 is 27.2. The quantitative estimate of drug-likeness (QED) is 0.0261. The van der Waals surface area contributed by atoms with Crippen LogP contribution in [0.1, 0.15) is 150 Å². The van der Waals surface area contributed by atoms with Crippen LogP contribution in [-0.4, -0.2) is 24.4 Å².